The van der Waals surface area contributed by atoms with Crippen molar-refractivity contribution in [3.05, 3.63) is 96.3 Å². The molecule has 3 aromatic carbocycles. The minimum Gasteiger partial charge on any atom is -0.219 e. The third-order valence-electron chi connectivity index (χ3n) is 4.38. The average Bonchev–Trinajstić information content (AvgIpc) is 2.75. The molecule has 0 amide bonds. The van der Waals surface area contributed by atoms with Gasteiger partial charge in [-0.2, -0.15) is 0 Å². The van der Waals surface area contributed by atoms with Crippen molar-refractivity contribution in [1.82, 2.24) is 15.2 Å². The van der Waals surface area contributed by atoms with Gasteiger partial charge >= 0.3 is 0 Å². The first-order chi connectivity index (χ1) is 13.7. The molecule has 1 heterocycles. The molecule has 1 aromatic heterocycles. The Morgan fingerprint density at radius 1 is 0.714 bits per heavy atom. The Labute approximate surface area is 167 Å². The number of hydrogen-bond donors (Lipinski definition) is 0. The Kier molecular flexibility index (Phi) is 5.44. The summed E-state index contributed by atoms with van der Waals surface area (Å²) in [5.74, 6) is -0.238. The standard InChI is InChI=1S/C23H18FN3S/c1-16(17-12-14-20(24)15-13-17)28-23-25-21(18-8-4-2-5-9-18)22(26-27-23)19-10-6-3-7-11-19/h2-16H,1H3/t16-/m1/s1. The molecule has 0 bridgehead atoms. The quantitative estimate of drug-likeness (QED) is 0.382. The molecule has 5 heteroatoms. The molecule has 138 valence electrons. The number of nitrogens with zero attached hydrogens (tertiary/aromatic N) is 3. The maximum Gasteiger partial charge on any atom is 0.210 e. The minimum atomic E-state index is -0.238. The highest BCUT2D eigenvalue weighted by molar-refractivity contribution is 7.99. The number of thioether (sulfide) groups is 1. The van der Waals surface area contributed by atoms with E-state index in [0.717, 1.165) is 28.1 Å². The van der Waals surface area contributed by atoms with Crippen LogP contribution in [-0.2, 0) is 0 Å². The van der Waals surface area contributed by atoms with Crippen LogP contribution in [0.25, 0.3) is 22.5 Å². The molecule has 28 heavy (non-hydrogen) atoms. The van der Waals surface area contributed by atoms with Crippen LogP contribution in [0.4, 0.5) is 4.39 Å². The highest BCUT2D eigenvalue weighted by Crippen LogP contribution is 2.35. The van der Waals surface area contributed by atoms with Crippen molar-refractivity contribution in [2.75, 3.05) is 0 Å². The van der Waals surface area contributed by atoms with Crippen molar-refractivity contribution < 1.29 is 4.39 Å². The van der Waals surface area contributed by atoms with E-state index in [1.165, 1.54) is 23.9 Å². The summed E-state index contributed by atoms with van der Waals surface area (Å²) < 4.78 is 13.2. The molecule has 0 fully saturated rings. The van der Waals surface area contributed by atoms with Gasteiger partial charge in [-0.3, -0.25) is 0 Å². The van der Waals surface area contributed by atoms with Gasteiger partial charge in [0.15, 0.2) is 0 Å². The van der Waals surface area contributed by atoms with Gasteiger partial charge in [0, 0.05) is 16.4 Å². The van der Waals surface area contributed by atoms with Crippen molar-refractivity contribution in [3.8, 4) is 22.5 Å². The Bertz CT molecular complexity index is 1050. The Hall–Kier alpha value is -3.05. The van der Waals surface area contributed by atoms with Crippen LogP contribution >= 0.6 is 11.8 Å². The summed E-state index contributed by atoms with van der Waals surface area (Å²) in [5.41, 5.74) is 4.54. The fourth-order valence-corrected chi connectivity index (χ4v) is 3.75. The van der Waals surface area contributed by atoms with Crippen LogP contribution in [-0.4, -0.2) is 15.2 Å². The molecule has 0 saturated carbocycles. The van der Waals surface area contributed by atoms with E-state index in [1.54, 1.807) is 12.1 Å². The molecule has 0 spiro atoms. The van der Waals surface area contributed by atoms with Gasteiger partial charge in [-0.15, -0.1) is 10.2 Å². The van der Waals surface area contributed by atoms with Gasteiger partial charge in [0.1, 0.15) is 17.2 Å². The first-order valence-electron chi connectivity index (χ1n) is 8.98. The van der Waals surface area contributed by atoms with E-state index in [0.29, 0.717) is 5.16 Å². The highest BCUT2D eigenvalue weighted by Gasteiger charge is 2.16. The lowest BCUT2D eigenvalue weighted by atomic mass is 10.0. The summed E-state index contributed by atoms with van der Waals surface area (Å²) in [5, 5.41) is 9.52. The Balaban J connectivity index is 1.71. The second-order valence-corrected chi connectivity index (χ2v) is 7.64. The van der Waals surface area contributed by atoms with Crippen molar-refractivity contribution in [2.24, 2.45) is 0 Å². The monoisotopic (exact) mass is 387 g/mol. The lowest BCUT2D eigenvalue weighted by Gasteiger charge is -2.13. The van der Waals surface area contributed by atoms with E-state index in [1.807, 2.05) is 60.7 Å². The van der Waals surface area contributed by atoms with Gasteiger partial charge in [-0.05, 0) is 24.6 Å². The van der Waals surface area contributed by atoms with Crippen LogP contribution < -0.4 is 0 Å². The van der Waals surface area contributed by atoms with Crippen LogP contribution in [0.5, 0.6) is 0 Å². The number of benzene rings is 3. The fourth-order valence-electron chi connectivity index (χ4n) is 2.91. The van der Waals surface area contributed by atoms with Gasteiger partial charge in [-0.1, -0.05) is 84.6 Å². The minimum absolute atomic E-state index is 0.0774. The molecule has 0 radical (unpaired) electrons. The van der Waals surface area contributed by atoms with Gasteiger partial charge in [0.25, 0.3) is 0 Å². The fraction of sp³-hybridized carbons (Fsp3) is 0.0870. The summed E-state index contributed by atoms with van der Waals surface area (Å²) in [7, 11) is 0. The third kappa shape index (κ3) is 4.10. The van der Waals surface area contributed by atoms with Crippen LogP contribution in [0.2, 0.25) is 0 Å². The molecule has 4 aromatic rings. The van der Waals surface area contributed by atoms with Gasteiger partial charge in [0.2, 0.25) is 5.16 Å². The summed E-state index contributed by atoms with van der Waals surface area (Å²) in [6.45, 7) is 2.05. The molecule has 3 nitrogen and oxygen atoms in total. The molecule has 0 unspecified atom stereocenters. The normalized spacial score (nSPS) is 11.9. The SMILES string of the molecule is C[C@@H](Sc1nnc(-c2ccccc2)c(-c2ccccc2)n1)c1ccc(F)cc1. The predicted molar refractivity (Wildman–Crippen MR) is 111 cm³/mol. The summed E-state index contributed by atoms with van der Waals surface area (Å²) in [4.78, 5) is 4.82. The van der Waals surface area contributed by atoms with E-state index in [2.05, 4.69) is 17.1 Å². The molecule has 1 atom stereocenters. The molecular weight excluding hydrogens is 369 g/mol. The second kappa shape index (κ2) is 8.31. The number of hydrogen-bond acceptors (Lipinski definition) is 4. The zero-order valence-corrected chi connectivity index (χ0v) is 16.1. The molecule has 0 saturated heterocycles. The lowest BCUT2D eigenvalue weighted by Crippen LogP contribution is -2.00. The van der Waals surface area contributed by atoms with E-state index < -0.39 is 0 Å². The van der Waals surface area contributed by atoms with Gasteiger partial charge < -0.3 is 0 Å². The van der Waals surface area contributed by atoms with E-state index in [9.17, 15) is 4.39 Å². The zero-order valence-electron chi connectivity index (χ0n) is 15.3. The third-order valence-corrected chi connectivity index (χ3v) is 5.39. The van der Waals surface area contributed by atoms with E-state index in [-0.39, 0.29) is 11.1 Å². The summed E-state index contributed by atoms with van der Waals surface area (Å²) in [6, 6.07) is 26.5. The molecule has 0 aliphatic heterocycles. The van der Waals surface area contributed by atoms with Crippen LogP contribution in [0.3, 0.4) is 0 Å². The predicted octanol–water partition coefficient (Wildman–Crippen LogP) is 6.20. The number of rotatable bonds is 5. The highest BCUT2D eigenvalue weighted by atomic mass is 32.2. The van der Waals surface area contributed by atoms with Crippen molar-refractivity contribution in [3.63, 3.8) is 0 Å². The van der Waals surface area contributed by atoms with Crippen LogP contribution in [0.15, 0.2) is 90.1 Å². The maximum absolute atomic E-state index is 13.2. The molecule has 4 rings (SSSR count). The lowest BCUT2D eigenvalue weighted by molar-refractivity contribution is 0.627. The zero-order chi connectivity index (χ0) is 19.3. The number of halogens is 1. The molecule has 0 aliphatic rings. The van der Waals surface area contributed by atoms with Crippen LogP contribution in [0.1, 0.15) is 17.7 Å². The first-order valence-corrected chi connectivity index (χ1v) is 9.86. The van der Waals surface area contributed by atoms with Gasteiger partial charge in [-0.25, -0.2) is 9.37 Å². The largest absolute Gasteiger partial charge is 0.219 e. The maximum atomic E-state index is 13.2. The average molecular weight is 387 g/mol. The van der Waals surface area contributed by atoms with E-state index in [4.69, 9.17) is 4.98 Å². The topological polar surface area (TPSA) is 38.7 Å². The number of aromatic nitrogens is 3. The van der Waals surface area contributed by atoms with E-state index >= 15 is 0 Å². The van der Waals surface area contributed by atoms with Crippen molar-refractivity contribution in [1.29, 1.82) is 0 Å². The summed E-state index contributed by atoms with van der Waals surface area (Å²) in [6.07, 6.45) is 0. The van der Waals surface area contributed by atoms with Crippen LogP contribution in [0, 0.1) is 5.82 Å². The smallest absolute Gasteiger partial charge is 0.210 e. The molecule has 0 aliphatic carbocycles. The molecular formula is C23H18FN3S. The van der Waals surface area contributed by atoms with Crippen molar-refractivity contribution >= 4 is 11.8 Å². The molecule has 0 N–H and O–H groups in total. The van der Waals surface area contributed by atoms with Crippen molar-refractivity contribution in [2.45, 2.75) is 17.3 Å². The Morgan fingerprint density at radius 3 is 1.89 bits per heavy atom. The Morgan fingerprint density at radius 2 is 1.29 bits per heavy atom. The second-order valence-electron chi connectivity index (χ2n) is 6.34. The summed E-state index contributed by atoms with van der Waals surface area (Å²) >= 11 is 1.51. The first kappa shape index (κ1) is 18.3. The van der Waals surface area contributed by atoms with Gasteiger partial charge in [0.05, 0.1) is 0 Å².